The maximum Gasteiger partial charge on any atom is 0.333 e. The number of halogens is 1. The Morgan fingerprint density at radius 3 is 2.57 bits per heavy atom. The molecule has 0 aliphatic carbocycles. The van der Waals surface area contributed by atoms with Crippen molar-refractivity contribution in [2.24, 2.45) is 0 Å². The van der Waals surface area contributed by atoms with Gasteiger partial charge in [0.25, 0.3) is 0 Å². The number of aliphatic hydroxyl groups is 1. The molecule has 3 nitrogen and oxygen atoms in total. The molecule has 0 aliphatic rings. The lowest BCUT2D eigenvalue weighted by Crippen LogP contribution is -2.39. The van der Waals surface area contributed by atoms with E-state index in [1.54, 1.807) is 25.3 Å². The molecule has 1 aromatic heterocycles. The molecule has 0 fully saturated rings. The van der Waals surface area contributed by atoms with Gasteiger partial charge in [0.15, 0.2) is 6.10 Å². The standard InChI is InChI=1S/C9H11ClO3S/c1-9(2,6(11)8(12)13)7-5(10)3-4-14-7/h3-4,6,11H,1-2H3,(H,12,13). The Labute approximate surface area is 90.9 Å². The molecule has 1 heterocycles. The van der Waals surface area contributed by atoms with Crippen molar-refractivity contribution < 1.29 is 15.0 Å². The fourth-order valence-electron chi connectivity index (χ4n) is 1.19. The van der Waals surface area contributed by atoms with Crippen LogP contribution >= 0.6 is 22.9 Å². The van der Waals surface area contributed by atoms with Crippen LogP contribution in [0.4, 0.5) is 0 Å². The second kappa shape index (κ2) is 3.88. The third-order valence-corrected chi connectivity index (χ3v) is 3.80. The highest BCUT2D eigenvalue weighted by Crippen LogP contribution is 2.36. The maximum atomic E-state index is 10.7. The maximum absolute atomic E-state index is 10.7. The van der Waals surface area contributed by atoms with Gasteiger partial charge in [-0.15, -0.1) is 11.3 Å². The van der Waals surface area contributed by atoms with Gasteiger partial charge in [0.05, 0.1) is 5.02 Å². The molecule has 1 unspecified atom stereocenters. The van der Waals surface area contributed by atoms with Gasteiger partial charge in [0, 0.05) is 10.3 Å². The van der Waals surface area contributed by atoms with Crippen LogP contribution in [0.15, 0.2) is 11.4 Å². The zero-order valence-electron chi connectivity index (χ0n) is 7.82. The minimum Gasteiger partial charge on any atom is -0.479 e. The average Bonchev–Trinajstić information content (AvgIpc) is 2.50. The van der Waals surface area contributed by atoms with Gasteiger partial charge in [-0.3, -0.25) is 0 Å². The molecule has 0 bridgehead atoms. The highest BCUT2D eigenvalue weighted by atomic mass is 35.5. The molecule has 2 N–H and O–H groups in total. The molecule has 0 amide bonds. The second-order valence-electron chi connectivity index (χ2n) is 3.56. The van der Waals surface area contributed by atoms with Crippen LogP contribution in [-0.4, -0.2) is 22.3 Å². The molecule has 0 radical (unpaired) electrons. The quantitative estimate of drug-likeness (QED) is 0.843. The van der Waals surface area contributed by atoms with Crippen LogP contribution in [0.5, 0.6) is 0 Å². The predicted octanol–water partition coefficient (Wildman–Crippen LogP) is 2.12. The van der Waals surface area contributed by atoms with Crippen LogP contribution in [0.2, 0.25) is 5.02 Å². The van der Waals surface area contributed by atoms with E-state index in [0.29, 0.717) is 9.90 Å². The number of rotatable bonds is 3. The first kappa shape index (κ1) is 11.5. The van der Waals surface area contributed by atoms with Gasteiger partial charge in [0.1, 0.15) is 0 Å². The number of carboxylic acid groups (broad SMARTS) is 1. The first-order chi connectivity index (χ1) is 6.37. The lowest BCUT2D eigenvalue weighted by atomic mass is 9.85. The van der Waals surface area contributed by atoms with E-state index in [9.17, 15) is 9.90 Å². The smallest absolute Gasteiger partial charge is 0.333 e. The van der Waals surface area contributed by atoms with Gasteiger partial charge in [0.2, 0.25) is 0 Å². The monoisotopic (exact) mass is 234 g/mol. The summed E-state index contributed by atoms with van der Waals surface area (Å²) in [6, 6.07) is 1.69. The van der Waals surface area contributed by atoms with E-state index >= 15 is 0 Å². The van der Waals surface area contributed by atoms with E-state index in [2.05, 4.69) is 0 Å². The predicted molar refractivity (Wildman–Crippen MR) is 56.0 cm³/mol. The number of thiophene rings is 1. The van der Waals surface area contributed by atoms with E-state index in [1.807, 2.05) is 0 Å². The second-order valence-corrected chi connectivity index (χ2v) is 4.88. The minimum atomic E-state index is -1.45. The number of aliphatic hydroxyl groups excluding tert-OH is 1. The van der Waals surface area contributed by atoms with Crippen LogP contribution in [-0.2, 0) is 10.2 Å². The Hall–Kier alpha value is -0.580. The molecule has 14 heavy (non-hydrogen) atoms. The summed E-state index contributed by atoms with van der Waals surface area (Å²) in [5.41, 5.74) is -0.864. The number of carbonyl (C=O) groups is 1. The minimum absolute atomic E-state index is 0.500. The molecule has 0 saturated carbocycles. The molecule has 5 heteroatoms. The summed E-state index contributed by atoms with van der Waals surface area (Å²) in [6.07, 6.45) is -1.45. The van der Waals surface area contributed by atoms with Gasteiger partial charge in [-0.2, -0.15) is 0 Å². The fraction of sp³-hybridized carbons (Fsp3) is 0.444. The first-order valence-electron chi connectivity index (χ1n) is 4.01. The van der Waals surface area contributed by atoms with E-state index in [-0.39, 0.29) is 0 Å². The Morgan fingerprint density at radius 1 is 1.64 bits per heavy atom. The summed E-state index contributed by atoms with van der Waals surface area (Å²) in [5, 5.41) is 20.5. The third-order valence-electron chi connectivity index (χ3n) is 2.12. The lowest BCUT2D eigenvalue weighted by Gasteiger charge is -2.26. The van der Waals surface area contributed by atoms with Gasteiger partial charge in [-0.25, -0.2) is 4.79 Å². The van der Waals surface area contributed by atoms with Crippen molar-refractivity contribution in [3.8, 4) is 0 Å². The van der Waals surface area contributed by atoms with Crippen LogP contribution in [0.25, 0.3) is 0 Å². The Balaban J connectivity index is 3.07. The van der Waals surface area contributed by atoms with E-state index in [1.165, 1.54) is 11.3 Å². The van der Waals surface area contributed by atoms with Crippen LogP contribution < -0.4 is 0 Å². The molecule has 0 aromatic carbocycles. The van der Waals surface area contributed by atoms with E-state index < -0.39 is 17.5 Å². The largest absolute Gasteiger partial charge is 0.479 e. The Kier molecular flexibility index (Phi) is 3.19. The van der Waals surface area contributed by atoms with Gasteiger partial charge in [-0.05, 0) is 11.4 Å². The zero-order valence-corrected chi connectivity index (χ0v) is 9.39. The summed E-state index contributed by atoms with van der Waals surface area (Å²) in [5.74, 6) is -1.24. The number of hydrogen-bond acceptors (Lipinski definition) is 3. The highest BCUT2D eigenvalue weighted by molar-refractivity contribution is 7.10. The van der Waals surface area contributed by atoms with Crippen molar-refractivity contribution in [1.29, 1.82) is 0 Å². The topological polar surface area (TPSA) is 57.5 Å². The average molecular weight is 235 g/mol. The molecule has 78 valence electrons. The van der Waals surface area contributed by atoms with Crippen molar-refractivity contribution in [3.05, 3.63) is 21.3 Å². The normalized spacial score (nSPS) is 14.0. The highest BCUT2D eigenvalue weighted by Gasteiger charge is 2.37. The van der Waals surface area contributed by atoms with Crippen LogP contribution in [0, 0.1) is 0 Å². The molecule has 0 spiro atoms. The van der Waals surface area contributed by atoms with Gasteiger partial charge in [-0.1, -0.05) is 25.4 Å². The van der Waals surface area contributed by atoms with Crippen molar-refractivity contribution in [2.75, 3.05) is 0 Å². The summed E-state index contributed by atoms with van der Waals surface area (Å²) in [7, 11) is 0. The molecule has 1 atom stereocenters. The SMILES string of the molecule is CC(C)(c1sccc1Cl)C(O)C(=O)O. The number of hydrogen-bond donors (Lipinski definition) is 2. The fourth-order valence-corrected chi connectivity index (χ4v) is 2.64. The summed E-state index contributed by atoms with van der Waals surface area (Å²) in [6.45, 7) is 3.31. The lowest BCUT2D eigenvalue weighted by molar-refractivity contribution is -0.149. The van der Waals surface area contributed by atoms with Crippen molar-refractivity contribution in [3.63, 3.8) is 0 Å². The van der Waals surface area contributed by atoms with Gasteiger partial charge < -0.3 is 10.2 Å². The Morgan fingerprint density at radius 2 is 2.21 bits per heavy atom. The van der Waals surface area contributed by atoms with Gasteiger partial charge >= 0.3 is 5.97 Å². The molecule has 1 rings (SSSR count). The Bertz CT molecular complexity index is 346. The summed E-state index contributed by atoms with van der Waals surface area (Å²) < 4.78 is 0. The zero-order chi connectivity index (χ0) is 10.9. The number of carboxylic acids is 1. The van der Waals surface area contributed by atoms with E-state index in [4.69, 9.17) is 16.7 Å². The van der Waals surface area contributed by atoms with Crippen molar-refractivity contribution in [1.82, 2.24) is 0 Å². The molecular weight excluding hydrogens is 224 g/mol. The number of aliphatic carboxylic acids is 1. The molecular formula is C9H11ClO3S. The third kappa shape index (κ3) is 1.92. The molecule has 1 aromatic rings. The van der Waals surface area contributed by atoms with Crippen molar-refractivity contribution in [2.45, 2.75) is 25.4 Å². The van der Waals surface area contributed by atoms with Crippen LogP contribution in [0.1, 0.15) is 18.7 Å². The molecule has 0 aliphatic heterocycles. The summed E-state index contributed by atoms with van der Waals surface area (Å²) in [4.78, 5) is 11.4. The van der Waals surface area contributed by atoms with Crippen molar-refractivity contribution >= 4 is 28.9 Å². The van der Waals surface area contributed by atoms with E-state index in [0.717, 1.165) is 0 Å². The first-order valence-corrected chi connectivity index (χ1v) is 5.27. The molecule has 0 saturated heterocycles. The van der Waals surface area contributed by atoms with Crippen LogP contribution in [0.3, 0.4) is 0 Å². The summed E-state index contributed by atoms with van der Waals surface area (Å²) >= 11 is 7.23.